The second-order valence-corrected chi connectivity index (χ2v) is 2.93. The zero-order valence-electron chi connectivity index (χ0n) is 6.46. The van der Waals surface area contributed by atoms with Gasteiger partial charge in [-0.15, -0.1) is 12.3 Å². The third-order valence-corrected chi connectivity index (χ3v) is 1.68. The molecule has 0 aliphatic carbocycles. The fourth-order valence-electron chi connectivity index (χ4n) is 0.675. The van der Waals surface area contributed by atoms with Gasteiger partial charge in [0.15, 0.2) is 0 Å². The van der Waals surface area contributed by atoms with Crippen LogP contribution < -0.4 is 4.74 Å². The van der Waals surface area contributed by atoms with Crippen molar-refractivity contribution in [1.29, 1.82) is 0 Å². The Hall–Kier alpha value is -1.01. The van der Waals surface area contributed by atoms with Crippen molar-refractivity contribution in [2.75, 3.05) is 6.61 Å². The Bertz CT molecular complexity index is 276. The number of nitrogens with zero attached hydrogens (tertiary/aromatic N) is 1. The van der Waals surface area contributed by atoms with Gasteiger partial charge in [-0.2, -0.15) is 0 Å². The van der Waals surface area contributed by atoms with Crippen molar-refractivity contribution in [3.05, 3.63) is 22.9 Å². The van der Waals surface area contributed by atoms with Crippen LogP contribution in [0.2, 0.25) is 0 Å². The molecule has 0 spiro atoms. The van der Waals surface area contributed by atoms with Gasteiger partial charge in [0.05, 0.1) is 12.8 Å². The van der Waals surface area contributed by atoms with Crippen LogP contribution >= 0.6 is 15.9 Å². The number of aromatic nitrogens is 1. The van der Waals surface area contributed by atoms with Crippen LogP contribution in [-0.2, 0) is 0 Å². The lowest BCUT2D eigenvalue weighted by molar-refractivity contribution is 0.326. The number of rotatable bonds is 3. The lowest BCUT2D eigenvalue weighted by Gasteiger charge is -2.01. The molecule has 0 bridgehead atoms. The quantitative estimate of drug-likeness (QED) is 0.448. The highest BCUT2D eigenvalue weighted by Crippen LogP contribution is 2.12. The van der Waals surface area contributed by atoms with E-state index in [1.54, 1.807) is 6.20 Å². The smallest absolute Gasteiger partial charge is 0.137 e. The van der Waals surface area contributed by atoms with E-state index in [4.69, 9.17) is 11.2 Å². The van der Waals surface area contributed by atoms with E-state index >= 15 is 0 Å². The molecule has 3 heteroatoms. The Balaban J connectivity index is 2.43. The zero-order valence-corrected chi connectivity index (χ0v) is 8.04. The highest BCUT2D eigenvalue weighted by molar-refractivity contribution is 9.10. The molecule has 1 rings (SSSR count). The van der Waals surface area contributed by atoms with E-state index in [0.717, 1.165) is 10.4 Å². The fourth-order valence-corrected chi connectivity index (χ4v) is 0.910. The predicted octanol–water partition coefficient (Wildman–Crippen LogP) is 2.25. The average Bonchev–Trinajstić information content (AvgIpc) is 2.09. The topological polar surface area (TPSA) is 22.1 Å². The monoisotopic (exact) mass is 225 g/mol. The summed E-state index contributed by atoms with van der Waals surface area (Å²) in [6, 6.07) is 3.67. The molecule has 0 saturated carbocycles. The SMILES string of the molecule is C#CCCOc1ccc(Br)nc1. The highest BCUT2D eigenvalue weighted by Gasteiger charge is 1.92. The molecule has 0 radical (unpaired) electrons. The van der Waals surface area contributed by atoms with Crippen molar-refractivity contribution >= 4 is 15.9 Å². The van der Waals surface area contributed by atoms with Crippen molar-refractivity contribution in [3.63, 3.8) is 0 Å². The first-order chi connectivity index (χ1) is 5.83. The summed E-state index contributed by atoms with van der Waals surface area (Å²) in [6.07, 6.45) is 7.34. The highest BCUT2D eigenvalue weighted by atomic mass is 79.9. The molecule has 0 saturated heterocycles. The molecule has 1 aromatic rings. The molecule has 12 heavy (non-hydrogen) atoms. The van der Waals surface area contributed by atoms with Gasteiger partial charge in [-0.1, -0.05) is 0 Å². The first-order valence-electron chi connectivity index (χ1n) is 3.51. The molecule has 0 atom stereocenters. The van der Waals surface area contributed by atoms with Gasteiger partial charge in [-0.25, -0.2) is 4.98 Å². The number of pyridine rings is 1. The van der Waals surface area contributed by atoms with Crippen LogP contribution in [0.15, 0.2) is 22.9 Å². The van der Waals surface area contributed by atoms with E-state index in [-0.39, 0.29) is 0 Å². The van der Waals surface area contributed by atoms with Crippen molar-refractivity contribution in [2.45, 2.75) is 6.42 Å². The summed E-state index contributed by atoms with van der Waals surface area (Å²) in [7, 11) is 0. The number of halogens is 1. The van der Waals surface area contributed by atoms with Gasteiger partial charge in [0, 0.05) is 6.42 Å². The minimum absolute atomic E-state index is 0.541. The van der Waals surface area contributed by atoms with E-state index in [0.29, 0.717) is 13.0 Å². The second-order valence-electron chi connectivity index (χ2n) is 2.12. The molecule has 0 N–H and O–H groups in total. The molecule has 0 aromatic carbocycles. The van der Waals surface area contributed by atoms with Gasteiger partial charge < -0.3 is 4.74 Å². The van der Waals surface area contributed by atoms with Crippen molar-refractivity contribution in [2.24, 2.45) is 0 Å². The number of terminal acetylenes is 1. The van der Waals surface area contributed by atoms with Crippen LogP contribution in [0.4, 0.5) is 0 Å². The van der Waals surface area contributed by atoms with Crippen molar-refractivity contribution < 1.29 is 4.74 Å². The summed E-state index contributed by atoms with van der Waals surface area (Å²) in [6.45, 7) is 0.541. The van der Waals surface area contributed by atoms with Gasteiger partial charge >= 0.3 is 0 Å². The van der Waals surface area contributed by atoms with Crippen LogP contribution in [0, 0.1) is 12.3 Å². The van der Waals surface area contributed by atoms with Crippen LogP contribution in [0.5, 0.6) is 5.75 Å². The van der Waals surface area contributed by atoms with E-state index in [1.165, 1.54) is 0 Å². The third kappa shape index (κ3) is 2.93. The lowest BCUT2D eigenvalue weighted by Crippen LogP contribution is -1.95. The number of hydrogen-bond acceptors (Lipinski definition) is 2. The summed E-state index contributed by atoms with van der Waals surface area (Å²) in [5.41, 5.74) is 0. The Morgan fingerprint density at radius 2 is 2.42 bits per heavy atom. The number of hydrogen-bond donors (Lipinski definition) is 0. The normalized spacial score (nSPS) is 9.00. The average molecular weight is 226 g/mol. The first-order valence-corrected chi connectivity index (χ1v) is 4.30. The van der Waals surface area contributed by atoms with E-state index < -0.39 is 0 Å². The number of ether oxygens (including phenoxy) is 1. The van der Waals surface area contributed by atoms with Gasteiger partial charge in [-0.3, -0.25) is 0 Å². The maximum atomic E-state index is 5.28. The first kappa shape index (κ1) is 9.08. The molecular formula is C9H8BrNO. The molecular weight excluding hydrogens is 218 g/mol. The molecule has 0 aliphatic rings. The molecule has 1 aromatic heterocycles. The van der Waals surface area contributed by atoms with Gasteiger partial charge in [0.2, 0.25) is 0 Å². The maximum absolute atomic E-state index is 5.28. The minimum atomic E-state index is 0.541. The molecule has 1 heterocycles. The van der Waals surface area contributed by atoms with E-state index in [2.05, 4.69) is 26.8 Å². The molecule has 62 valence electrons. The molecule has 0 amide bonds. The summed E-state index contributed by atoms with van der Waals surface area (Å²) < 4.78 is 6.07. The van der Waals surface area contributed by atoms with Crippen molar-refractivity contribution in [3.8, 4) is 18.1 Å². The van der Waals surface area contributed by atoms with Crippen molar-refractivity contribution in [1.82, 2.24) is 4.98 Å². The Morgan fingerprint density at radius 1 is 1.58 bits per heavy atom. The van der Waals surface area contributed by atoms with Crippen LogP contribution in [0.3, 0.4) is 0 Å². The third-order valence-electron chi connectivity index (χ3n) is 1.22. The fraction of sp³-hybridized carbons (Fsp3) is 0.222. The Labute approximate surface area is 80.1 Å². The van der Waals surface area contributed by atoms with E-state index in [9.17, 15) is 0 Å². The molecule has 0 aliphatic heterocycles. The molecule has 2 nitrogen and oxygen atoms in total. The minimum Gasteiger partial charge on any atom is -0.491 e. The van der Waals surface area contributed by atoms with Crippen LogP contribution in [0.1, 0.15) is 6.42 Å². The summed E-state index contributed by atoms with van der Waals surface area (Å²) in [4.78, 5) is 4.00. The second kappa shape index (κ2) is 4.78. The zero-order chi connectivity index (χ0) is 8.81. The summed E-state index contributed by atoms with van der Waals surface area (Å²) >= 11 is 3.23. The molecule has 0 unspecified atom stereocenters. The van der Waals surface area contributed by atoms with Gasteiger partial charge in [0.25, 0.3) is 0 Å². The van der Waals surface area contributed by atoms with Gasteiger partial charge in [-0.05, 0) is 28.1 Å². The van der Waals surface area contributed by atoms with Crippen LogP contribution in [-0.4, -0.2) is 11.6 Å². The maximum Gasteiger partial charge on any atom is 0.137 e. The summed E-state index contributed by atoms with van der Waals surface area (Å²) in [5.74, 6) is 3.24. The van der Waals surface area contributed by atoms with Gasteiger partial charge in [0.1, 0.15) is 10.4 Å². The Morgan fingerprint density at radius 3 is 3.00 bits per heavy atom. The standard InChI is InChI=1S/C9H8BrNO/c1-2-3-6-12-8-4-5-9(10)11-7-8/h1,4-5,7H,3,6H2. The lowest BCUT2D eigenvalue weighted by atomic mass is 10.4. The van der Waals surface area contributed by atoms with Crippen LogP contribution in [0.25, 0.3) is 0 Å². The predicted molar refractivity (Wildman–Crippen MR) is 50.9 cm³/mol. The molecule has 0 fully saturated rings. The Kier molecular flexibility index (Phi) is 3.62. The van der Waals surface area contributed by atoms with E-state index in [1.807, 2.05) is 12.1 Å². The largest absolute Gasteiger partial charge is 0.491 e. The summed E-state index contributed by atoms with van der Waals surface area (Å²) in [5, 5.41) is 0.